The first-order valence-electron chi connectivity index (χ1n) is 9.16. The van der Waals surface area contributed by atoms with Gasteiger partial charge in [0.25, 0.3) is 0 Å². The van der Waals surface area contributed by atoms with Crippen LogP contribution in [-0.2, 0) is 23.8 Å². The number of carbonyl (C=O) groups is 3. The second-order valence-electron chi connectivity index (χ2n) is 6.43. The summed E-state index contributed by atoms with van der Waals surface area (Å²) in [5.41, 5.74) is 0.301. The number of carbonyl (C=O) groups excluding carboxylic acids is 3. The first kappa shape index (κ1) is 22.8. The zero-order valence-electron chi connectivity index (χ0n) is 16.1. The van der Waals surface area contributed by atoms with Crippen LogP contribution < -0.4 is 0 Å². The Labute approximate surface area is 177 Å². The van der Waals surface area contributed by atoms with E-state index >= 15 is 0 Å². The normalized spacial score (nSPS) is 26.4. The van der Waals surface area contributed by atoms with Crippen LogP contribution in [0.25, 0.3) is 0 Å². The van der Waals surface area contributed by atoms with Crippen LogP contribution >= 0.6 is 15.9 Å². The maximum absolute atomic E-state index is 12.5. The van der Waals surface area contributed by atoms with Gasteiger partial charge in [0, 0.05) is 17.0 Å². The lowest BCUT2D eigenvalue weighted by atomic mass is 10.0. The van der Waals surface area contributed by atoms with Gasteiger partial charge in [-0.25, -0.2) is 9.59 Å². The number of rotatable bonds is 4. The molecule has 4 atom stereocenters. The zero-order valence-corrected chi connectivity index (χ0v) is 17.7. The number of esters is 3. The number of halogens is 1. The van der Waals surface area contributed by atoms with Crippen molar-refractivity contribution in [3.63, 3.8) is 0 Å². The fourth-order valence-corrected chi connectivity index (χ4v) is 3.12. The van der Waals surface area contributed by atoms with Gasteiger partial charge in [-0.05, 0) is 54.4 Å². The molecule has 0 radical (unpaired) electrons. The Bertz CT molecular complexity index is 802. The van der Waals surface area contributed by atoms with E-state index in [1.165, 1.54) is 24.3 Å². The van der Waals surface area contributed by atoms with Gasteiger partial charge < -0.3 is 19.3 Å². The minimum atomic E-state index is -1.19. The molecule has 1 heterocycles. The number of ether oxygens (including phenoxy) is 3. The summed E-state index contributed by atoms with van der Waals surface area (Å²) in [6, 6.07) is 6.73. The molecule has 0 unspecified atom stereocenters. The maximum atomic E-state index is 12.5. The van der Waals surface area contributed by atoms with Crippen molar-refractivity contribution in [2.24, 2.45) is 0 Å². The minimum absolute atomic E-state index is 0.0708. The van der Waals surface area contributed by atoms with Gasteiger partial charge in [-0.3, -0.25) is 4.79 Å². The predicted octanol–water partition coefficient (Wildman–Crippen LogP) is 3.11. The van der Waals surface area contributed by atoms with Crippen LogP contribution in [0.1, 0.15) is 37.0 Å². The molecule has 29 heavy (non-hydrogen) atoms. The summed E-state index contributed by atoms with van der Waals surface area (Å²) < 4.78 is 16.5. The Morgan fingerprint density at radius 2 is 1.97 bits per heavy atom. The van der Waals surface area contributed by atoms with Gasteiger partial charge in [0.15, 0.2) is 6.10 Å². The first-order valence-corrected chi connectivity index (χ1v) is 9.95. The second kappa shape index (κ2) is 10.9. The molecular weight excluding hydrogens is 444 g/mol. The molecule has 1 N–H and O–H groups in total. The fourth-order valence-electron chi connectivity index (χ4n) is 2.67. The SMILES string of the molecule is C/C=C/C(=O)O[C@H]1/C=C/[C@@H](O)[C@@H](OC(=O)c2ccccc2Br)CCC(=O)O[C@@H]1C. The Hall–Kier alpha value is -2.45. The first-order chi connectivity index (χ1) is 13.8. The molecule has 156 valence electrons. The summed E-state index contributed by atoms with van der Waals surface area (Å²) in [5, 5.41) is 10.5. The van der Waals surface area contributed by atoms with Gasteiger partial charge in [-0.2, -0.15) is 0 Å². The molecule has 2 rings (SSSR count). The largest absolute Gasteiger partial charge is 0.458 e. The summed E-state index contributed by atoms with van der Waals surface area (Å²) in [6.07, 6.45) is 1.77. The van der Waals surface area contributed by atoms with E-state index in [1.807, 2.05) is 0 Å². The van der Waals surface area contributed by atoms with Gasteiger partial charge >= 0.3 is 17.9 Å². The summed E-state index contributed by atoms with van der Waals surface area (Å²) in [4.78, 5) is 36.3. The topological polar surface area (TPSA) is 99.1 Å². The molecule has 1 aromatic rings. The zero-order chi connectivity index (χ0) is 21.4. The van der Waals surface area contributed by atoms with Gasteiger partial charge in [0.2, 0.25) is 0 Å². The molecule has 1 aromatic carbocycles. The van der Waals surface area contributed by atoms with Crippen LogP contribution in [-0.4, -0.2) is 47.4 Å². The summed E-state index contributed by atoms with van der Waals surface area (Å²) in [5.74, 6) is -1.78. The van der Waals surface area contributed by atoms with Gasteiger partial charge in [-0.15, -0.1) is 0 Å². The highest BCUT2D eigenvalue weighted by atomic mass is 79.9. The molecule has 1 aliphatic heterocycles. The Morgan fingerprint density at radius 1 is 1.24 bits per heavy atom. The van der Waals surface area contributed by atoms with Crippen molar-refractivity contribution in [1.82, 2.24) is 0 Å². The molecule has 1 aliphatic rings. The van der Waals surface area contributed by atoms with Crippen molar-refractivity contribution in [2.75, 3.05) is 0 Å². The average Bonchev–Trinajstić information content (AvgIpc) is 2.67. The van der Waals surface area contributed by atoms with Crippen LogP contribution in [0, 0.1) is 0 Å². The van der Waals surface area contributed by atoms with Crippen LogP contribution in [0.2, 0.25) is 0 Å². The van der Waals surface area contributed by atoms with E-state index < -0.39 is 42.3 Å². The van der Waals surface area contributed by atoms with Gasteiger partial charge in [-0.1, -0.05) is 24.3 Å². The molecule has 0 aromatic heterocycles. The third kappa shape index (κ3) is 6.83. The van der Waals surface area contributed by atoms with Crippen LogP contribution in [0.5, 0.6) is 0 Å². The van der Waals surface area contributed by atoms with Crippen molar-refractivity contribution in [1.29, 1.82) is 0 Å². The number of benzene rings is 1. The average molecular weight is 467 g/mol. The van der Waals surface area contributed by atoms with Crippen molar-refractivity contribution in [2.45, 2.75) is 51.1 Å². The number of allylic oxidation sites excluding steroid dienone is 1. The molecule has 0 spiro atoms. The van der Waals surface area contributed by atoms with E-state index in [-0.39, 0.29) is 12.8 Å². The smallest absolute Gasteiger partial charge is 0.339 e. The molecule has 7 nitrogen and oxygen atoms in total. The summed E-state index contributed by atoms with van der Waals surface area (Å²) in [7, 11) is 0. The van der Waals surface area contributed by atoms with Crippen LogP contribution in [0.4, 0.5) is 0 Å². The Balaban J connectivity index is 2.18. The van der Waals surface area contributed by atoms with E-state index in [1.54, 1.807) is 38.1 Å². The van der Waals surface area contributed by atoms with E-state index in [0.29, 0.717) is 10.0 Å². The van der Waals surface area contributed by atoms with E-state index in [2.05, 4.69) is 15.9 Å². The summed E-state index contributed by atoms with van der Waals surface area (Å²) in [6.45, 7) is 3.26. The van der Waals surface area contributed by atoms with Crippen LogP contribution in [0.15, 0.2) is 53.0 Å². The minimum Gasteiger partial charge on any atom is -0.458 e. The third-order valence-corrected chi connectivity index (χ3v) is 4.89. The standard InChI is InChI=1S/C21H23BrO7/c1-3-6-19(24)28-17-10-9-16(23)18(11-12-20(25)27-13(17)2)29-21(26)14-7-4-5-8-15(14)22/h3-10,13,16-18,23H,11-12H2,1-2H3/b6-3+,10-9+/t13-,16-,17+,18+/m1/s1. The predicted molar refractivity (Wildman–Crippen MR) is 108 cm³/mol. The molecule has 0 fully saturated rings. The molecule has 0 saturated heterocycles. The van der Waals surface area contributed by atoms with Crippen molar-refractivity contribution in [3.8, 4) is 0 Å². The quantitative estimate of drug-likeness (QED) is 0.315. The van der Waals surface area contributed by atoms with Crippen molar-refractivity contribution < 1.29 is 33.7 Å². The maximum Gasteiger partial charge on any atom is 0.339 e. The monoisotopic (exact) mass is 466 g/mol. The molecule has 8 heteroatoms. The molecule has 0 saturated carbocycles. The highest BCUT2D eigenvalue weighted by Gasteiger charge is 2.29. The van der Waals surface area contributed by atoms with Crippen LogP contribution in [0.3, 0.4) is 0 Å². The molecule has 0 amide bonds. The number of hydrogen-bond acceptors (Lipinski definition) is 7. The number of hydrogen-bond donors (Lipinski definition) is 1. The Morgan fingerprint density at radius 3 is 2.66 bits per heavy atom. The van der Waals surface area contributed by atoms with Crippen molar-refractivity contribution in [3.05, 3.63) is 58.6 Å². The van der Waals surface area contributed by atoms with E-state index in [9.17, 15) is 19.5 Å². The van der Waals surface area contributed by atoms with Gasteiger partial charge in [0.1, 0.15) is 18.3 Å². The molecule has 0 aliphatic carbocycles. The highest BCUT2D eigenvalue weighted by molar-refractivity contribution is 9.10. The van der Waals surface area contributed by atoms with Crippen molar-refractivity contribution >= 4 is 33.8 Å². The number of aliphatic hydroxyl groups excluding tert-OH is 1. The second-order valence-corrected chi connectivity index (χ2v) is 7.29. The third-order valence-electron chi connectivity index (χ3n) is 4.20. The number of aliphatic hydroxyl groups is 1. The fraction of sp³-hybridized carbons (Fsp3) is 0.381. The van der Waals surface area contributed by atoms with E-state index in [4.69, 9.17) is 14.2 Å². The number of cyclic esters (lactones) is 1. The molecular formula is C21H23BrO7. The Kier molecular flexibility index (Phi) is 8.60. The summed E-state index contributed by atoms with van der Waals surface area (Å²) >= 11 is 3.28. The highest BCUT2D eigenvalue weighted by Crippen LogP contribution is 2.21. The lowest BCUT2D eigenvalue weighted by Crippen LogP contribution is -2.36. The van der Waals surface area contributed by atoms with E-state index in [0.717, 1.165) is 0 Å². The lowest BCUT2D eigenvalue weighted by Gasteiger charge is -2.26. The molecule has 0 bridgehead atoms. The van der Waals surface area contributed by atoms with Gasteiger partial charge in [0.05, 0.1) is 5.56 Å². The lowest BCUT2D eigenvalue weighted by molar-refractivity contribution is -0.161.